The lowest BCUT2D eigenvalue weighted by Gasteiger charge is -2.41. The summed E-state index contributed by atoms with van der Waals surface area (Å²) in [5.41, 5.74) is 4.26. The molecular weight excluding hydrogens is 538 g/mol. The van der Waals surface area contributed by atoms with Gasteiger partial charge in [0, 0.05) is 48.2 Å². The van der Waals surface area contributed by atoms with Crippen LogP contribution in [0.25, 0.3) is 0 Å². The molecule has 0 amide bonds. The van der Waals surface area contributed by atoms with E-state index in [1.165, 1.54) is 11.0 Å². The molecule has 4 nitrogen and oxygen atoms in total. The van der Waals surface area contributed by atoms with E-state index in [1.54, 1.807) is 0 Å². The fraction of sp³-hybridized carbons (Fsp3) is 0.355. The maximum Gasteiger partial charge on any atom is 0.175 e. The molecular formula is C31H35ClF2N2O2S. The Labute approximate surface area is 235 Å². The van der Waals surface area contributed by atoms with Crippen molar-refractivity contribution in [2.45, 2.75) is 58.1 Å². The highest BCUT2D eigenvalue weighted by atomic mass is 35.5. The van der Waals surface area contributed by atoms with Crippen LogP contribution in [0.15, 0.2) is 77.7 Å². The van der Waals surface area contributed by atoms with Crippen molar-refractivity contribution >= 4 is 21.4 Å². The van der Waals surface area contributed by atoms with E-state index >= 15 is 0 Å². The lowest BCUT2D eigenvalue weighted by atomic mass is 9.92. The normalized spacial score (nSPS) is 15.2. The van der Waals surface area contributed by atoms with Crippen molar-refractivity contribution in [1.29, 1.82) is 0 Å². The van der Waals surface area contributed by atoms with Gasteiger partial charge in [-0.1, -0.05) is 48.0 Å². The molecule has 0 bridgehead atoms. The van der Waals surface area contributed by atoms with Gasteiger partial charge in [0.1, 0.15) is 11.6 Å². The largest absolute Gasteiger partial charge is 0.294 e. The van der Waals surface area contributed by atoms with Crippen LogP contribution >= 0.6 is 11.6 Å². The highest BCUT2D eigenvalue weighted by Gasteiger charge is 2.31. The minimum Gasteiger partial charge on any atom is -0.294 e. The van der Waals surface area contributed by atoms with E-state index in [0.717, 1.165) is 41.4 Å². The topological polar surface area (TPSA) is 40.6 Å². The SMILES string of the molecule is CC(C)N(Cc1ccc(C(c2ccc(Cl)cc2)N2CC(=CS(=O)(=O)Cc3cc(F)cc(F)c3)C2)cc1)C(C)C. The third-order valence-corrected chi connectivity index (χ3v) is 8.67. The molecule has 0 radical (unpaired) electrons. The van der Waals surface area contributed by atoms with E-state index in [1.807, 2.05) is 24.3 Å². The van der Waals surface area contributed by atoms with Crippen molar-refractivity contribution in [2.24, 2.45) is 0 Å². The molecule has 0 spiro atoms. The standard InChI is InChI=1S/C31H35ClF2N2O2S/c1-21(2)36(22(3)4)18-23-5-7-26(8-6-23)31(27-9-11-28(32)12-10-27)35-16-25(17-35)20-39(37,38)19-24-13-29(33)15-30(34)14-24/h5-15,20-22,31H,16-19H2,1-4H3. The summed E-state index contributed by atoms with van der Waals surface area (Å²) in [6.45, 7) is 10.6. The zero-order valence-corrected chi connectivity index (χ0v) is 24.3. The van der Waals surface area contributed by atoms with Gasteiger partial charge in [-0.2, -0.15) is 0 Å². The molecule has 0 aromatic heterocycles. The highest BCUT2D eigenvalue weighted by Crippen LogP contribution is 2.35. The molecule has 1 aliphatic heterocycles. The molecule has 1 atom stereocenters. The van der Waals surface area contributed by atoms with Crippen LogP contribution in [-0.4, -0.2) is 43.4 Å². The Balaban J connectivity index is 1.52. The molecule has 1 fully saturated rings. The maximum atomic E-state index is 13.5. The molecule has 1 heterocycles. The first-order chi connectivity index (χ1) is 18.4. The van der Waals surface area contributed by atoms with Gasteiger partial charge in [-0.3, -0.25) is 9.80 Å². The third kappa shape index (κ3) is 7.76. The highest BCUT2D eigenvalue weighted by molar-refractivity contribution is 7.93. The second-order valence-electron chi connectivity index (χ2n) is 10.8. The van der Waals surface area contributed by atoms with E-state index in [9.17, 15) is 17.2 Å². The van der Waals surface area contributed by atoms with Crippen LogP contribution in [-0.2, 0) is 22.1 Å². The van der Waals surface area contributed by atoms with Crippen LogP contribution in [0.1, 0.15) is 56.0 Å². The van der Waals surface area contributed by atoms with Crippen molar-refractivity contribution in [1.82, 2.24) is 9.80 Å². The minimum atomic E-state index is -3.69. The van der Waals surface area contributed by atoms with E-state index in [4.69, 9.17) is 11.6 Å². The van der Waals surface area contributed by atoms with Crippen molar-refractivity contribution in [3.8, 4) is 0 Å². The molecule has 0 N–H and O–H groups in total. The molecule has 0 saturated carbocycles. The number of halogens is 3. The first-order valence-corrected chi connectivity index (χ1v) is 15.2. The van der Waals surface area contributed by atoms with E-state index < -0.39 is 27.2 Å². The average molecular weight is 573 g/mol. The number of nitrogens with zero attached hydrogens (tertiary/aromatic N) is 2. The van der Waals surface area contributed by atoms with Crippen LogP contribution in [0.4, 0.5) is 8.78 Å². The quantitative estimate of drug-likeness (QED) is 0.259. The molecule has 0 aliphatic carbocycles. The van der Waals surface area contributed by atoms with Gasteiger partial charge in [0.05, 0.1) is 11.8 Å². The Bertz CT molecular complexity index is 1390. The molecule has 4 rings (SSSR count). The third-order valence-electron chi connectivity index (χ3n) is 6.99. The number of hydrogen-bond donors (Lipinski definition) is 0. The summed E-state index contributed by atoms with van der Waals surface area (Å²) in [5, 5.41) is 1.90. The molecule has 3 aromatic carbocycles. The number of hydrogen-bond acceptors (Lipinski definition) is 4. The summed E-state index contributed by atoms with van der Waals surface area (Å²) in [6, 6.07) is 20.0. The van der Waals surface area contributed by atoms with Crippen LogP contribution in [0.5, 0.6) is 0 Å². The molecule has 1 saturated heterocycles. The van der Waals surface area contributed by atoms with Crippen molar-refractivity contribution in [3.05, 3.63) is 117 Å². The number of likely N-dealkylation sites (tertiary alicyclic amines) is 1. The predicted octanol–water partition coefficient (Wildman–Crippen LogP) is 7.14. The molecule has 1 aliphatic rings. The van der Waals surface area contributed by atoms with Crippen molar-refractivity contribution in [3.63, 3.8) is 0 Å². The van der Waals surface area contributed by atoms with Crippen molar-refractivity contribution < 1.29 is 17.2 Å². The summed E-state index contributed by atoms with van der Waals surface area (Å²) < 4.78 is 52.5. The van der Waals surface area contributed by atoms with Gasteiger partial charge in [-0.25, -0.2) is 17.2 Å². The average Bonchev–Trinajstić information content (AvgIpc) is 2.81. The second-order valence-corrected chi connectivity index (χ2v) is 13.1. The summed E-state index contributed by atoms with van der Waals surface area (Å²) >= 11 is 6.15. The maximum absolute atomic E-state index is 13.5. The lowest BCUT2D eigenvalue weighted by molar-refractivity contribution is 0.166. The molecule has 208 valence electrons. The fourth-order valence-electron chi connectivity index (χ4n) is 5.19. The Kier molecular flexibility index (Phi) is 9.27. The first-order valence-electron chi connectivity index (χ1n) is 13.1. The Morgan fingerprint density at radius 3 is 1.87 bits per heavy atom. The van der Waals surface area contributed by atoms with Crippen LogP contribution in [0.3, 0.4) is 0 Å². The molecule has 3 aromatic rings. The van der Waals surface area contributed by atoms with Gasteiger partial charge in [0.2, 0.25) is 0 Å². The van der Waals surface area contributed by atoms with Gasteiger partial charge in [-0.15, -0.1) is 0 Å². The smallest absolute Gasteiger partial charge is 0.175 e. The summed E-state index contributed by atoms with van der Waals surface area (Å²) in [6.07, 6.45) is 0. The monoisotopic (exact) mass is 572 g/mol. The number of rotatable bonds is 10. The first kappa shape index (κ1) is 29.4. The number of benzene rings is 3. The fourth-order valence-corrected chi connectivity index (χ4v) is 6.69. The van der Waals surface area contributed by atoms with Gasteiger partial charge in [-0.05, 0) is 79.8 Å². The van der Waals surface area contributed by atoms with Gasteiger partial charge in [0.25, 0.3) is 0 Å². The van der Waals surface area contributed by atoms with E-state index in [2.05, 4.69) is 61.8 Å². The molecule has 39 heavy (non-hydrogen) atoms. The molecule has 1 unspecified atom stereocenters. The van der Waals surface area contributed by atoms with Crippen LogP contribution in [0.2, 0.25) is 5.02 Å². The van der Waals surface area contributed by atoms with E-state index in [0.29, 0.717) is 30.2 Å². The predicted molar refractivity (Wildman–Crippen MR) is 154 cm³/mol. The van der Waals surface area contributed by atoms with Gasteiger partial charge < -0.3 is 0 Å². The Morgan fingerprint density at radius 1 is 0.846 bits per heavy atom. The number of sulfone groups is 1. The molecule has 8 heteroatoms. The van der Waals surface area contributed by atoms with E-state index in [-0.39, 0.29) is 11.6 Å². The zero-order chi connectivity index (χ0) is 28.3. The van der Waals surface area contributed by atoms with Gasteiger partial charge >= 0.3 is 0 Å². The summed E-state index contributed by atoms with van der Waals surface area (Å²) in [4.78, 5) is 4.65. The Hall–Kier alpha value is -2.58. The van der Waals surface area contributed by atoms with Crippen LogP contribution in [0, 0.1) is 11.6 Å². The lowest BCUT2D eigenvalue weighted by Crippen LogP contribution is -2.43. The van der Waals surface area contributed by atoms with Crippen LogP contribution < -0.4 is 0 Å². The zero-order valence-electron chi connectivity index (χ0n) is 22.7. The van der Waals surface area contributed by atoms with Gasteiger partial charge in [0.15, 0.2) is 9.84 Å². The Morgan fingerprint density at radius 2 is 1.36 bits per heavy atom. The van der Waals surface area contributed by atoms with Crippen molar-refractivity contribution in [2.75, 3.05) is 13.1 Å². The second kappa shape index (κ2) is 12.3. The summed E-state index contributed by atoms with van der Waals surface area (Å²) in [5.74, 6) is -2.03. The summed E-state index contributed by atoms with van der Waals surface area (Å²) in [7, 11) is -3.69. The minimum absolute atomic E-state index is 0.0696.